The zero-order valence-corrected chi connectivity index (χ0v) is 6.51. The van der Waals surface area contributed by atoms with Crippen LogP contribution in [-0.2, 0) is 16.8 Å². The van der Waals surface area contributed by atoms with Crippen LogP contribution >= 0.6 is 0 Å². The van der Waals surface area contributed by atoms with Crippen molar-refractivity contribution in [2.75, 3.05) is 0 Å². The maximum atomic E-state index is 2.27. The molecule has 0 amide bonds. The van der Waals surface area contributed by atoms with E-state index in [4.69, 9.17) is 0 Å². The van der Waals surface area contributed by atoms with Crippen LogP contribution in [-0.4, -0.2) is 0 Å². The number of hydrogen-bond donors (Lipinski definition) is 0. The van der Waals surface area contributed by atoms with Gasteiger partial charge in [0.25, 0.3) is 0 Å². The average molecular weight is 167 g/mol. The molecule has 0 aromatic rings. The van der Waals surface area contributed by atoms with Crippen molar-refractivity contribution in [3.63, 3.8) is 0 Å². The first-order valence-electron chi connectivity index (χ1n) is 3.30. The molecular weight excluding hydrogens is 155 g/mol. The second-order valence-electron chi connectivity index (χ2n) is 2.10. The Morgan fingerprint density at radius 2 is 0.778 bits per heavy atom. The van der Waals surface area contributed by atoms with Crippen molar-refractivity contribution >= 4 is 0 Å². The molecule has 0 aromatic carbocycles. The van der Waals surface area contributed by atoms with Gasteiger partial charge in [-0.25, -0.2) is 0 Å². The predicted molar refractivity (Wildman–Crippen MR) is 36.7 cm³/mol. The van der Waals surface area contributed by atoms with Gasteiger partial charge in [-0.15, -0.1) is 0 Å². The van der Waals surface area contributed by atoms with Crippen LogP contribution in [0.15, 0.2) is 24.3 Å². The summed E-state index contributed by atoms with van der Waals surface area (Å²) in [5.74, 6) is 0. The first-order valence-corrected chi connectivity index (χ1v) is 3.30. The molecule has 0 aromatic heterocycles. The summed E-state index contributed by atoms with van der Waals surface area (Å²) < 4.78 is 0. The predicted octanol–water partition coefficient (Wildman–Crippen LogP) is 2.67. The van der Waals surface area contributed by atoms with Gasteiger partial charge in [0.1, 0.15) is 0 Å². The Labute approximate surface area is 67.2 Å². The number of allylic oxidation sites excluding steroid dienone is 4. The standard InChI is InChI=1S/C8H12.Co/c1-2-4-6-8-7-5-3-1;/h1-2,7-8H,3-6H2;. The maximum Gasteiger partial charge on any atom is 0 e. The van der Waals surface area contributed by atoms with E-state index in [2.05, 4.69) is 24.3 Å². The van der Waals surface area contributed by atoms with E-state index in [1.54, 1.807) is 0 Å². The van der Waals surface area contributed by atoms with Gasteiger partial charge in [-0.05, 0) is 25.7 Å². The van der Waals surface area contributed by atoms with Gasteiger partial charge in [0.15, 0.2) is 0 Å². The van der Waals surface area contributed by atoms with Gasteiger partial charge in [-0.2, -0.15) is 0 Å². The zero-order valence-electron chi connectivity index (χ0n) is 5.47. The minimum Gasteiger partial charge on any atom is -0.0882 e. The van der Waals surface area contributed by atoms with Crippen molar-refractivity contribution in [1.82, 2.24) is 0 Å². The van der Waals surface area contributed by atoms with Gasteiger partial charge in [-0.3, -0.25) is 0 Å². The Hall–Kier alpha value is -0.0135. The van der Waals surface area contributed by atoms with Crippen LogP contribution in [0.25, 0.3) is 0 Å². The molecule has 0 spiro atoms. The van der Waals surface area contributed by atoms with Crippen LogP contribution in [0.5, 0.6) is 0 Å². The number of rotatable bonds is 0. The molecule has 0 unspecified atom stereocenters. The molecule has 0 aliphatic heterocycles. The minimum absolute atomic E-state index is 0. The molecule has 0 saturated heterocycles. The molecule has 0 heterocycles. The second kappa shape index (κ2) is 6.11. The molecule has 0 atom stereocenters. The van der Waals surface area contributed by atoms with Gasteiger partial charge in [-0.1, -0.05) is 24.3 Å². The Morgan fingerprint density at radius 1 is 0.556 bits per heavy atom. The molecule has 1 heteroatoms. The van der Waals surface area contributed by atoms with Gasteiger partial charge in [0.05, 0.1) is 0 Å². The van der Waals surface area contributed by atoms with E-state index in [1.807, 2.05) is 0 Å². The van der Waals surface area contributed by atoms with Crippen LogP contribution in [0, 0.1) is 0 Å². The normalized spacial score (nSPS) is 17.8. The summed E-state index contributed by atoms with van der Waals surface area (Å²) >= 11 is 0. The number of hydrogen-bond acceptors (Lipinski definition) is 0. The molecule has 1 radical (unpaired) electrons. The van der Waals surface area contributed by atoms with Gasteiger partial charge in [0, 0.05) is 16.8 Å². The van der Waals surface area contributed by atoms with E-state index in [0.717, 1.165) is 0 Å². The van der Waals surface area contributed by atoms with Crippen molar-refractivity contribution in [2.45, 2.75) is 25.7 Å². The molecule has 0 fully saturated rings. The van der Waals surface area contributed by atoms with E-state index in [9.17, 15) is 0 Å². The fourth-order valence-corrected chi connectivity index (χ4v) is 0.856. The quantitative estimate of drug-likeness (QED) is 0.486. The van der Waals surface area contributed by atoms with Crippen molar-refractivity contribution in [2.24, 2.45) is 0 Å². The molecule has 0 bridgehead atoms. The summed E-state index contributed by atoms with van der Waals surface area (Å²) in [6.45, 7) is 0. The molecule has 1 aliphatic carbocycles. The van der Waals surface area contributed by atoms with Crippen molar-refractivity contribution in [1.29, 1.82) is 0 Å². The summed E-state index contributed by atoms with van der Waals surface area (Å²) in [4.78, 5) is 0. The Bertz CT molecular complexity index is 77.1. The monoisotopic (exact) mass is 167 g/mol. The summed E-state index contributed by atoms with van der Waals surface area (Å²) in [5.41, 5.74) is 0. The SMILES string of the molecule is C1=CCCC=CCC1.[Co]. The van der Waals surface area contributed by atoms with Crippen molar-refractivity contribution < 1.29 is 16.8 Å². The maximum absolute atomic E-state index is 2.27. The van der Waals surface area contributed by atoms with E-state index >= 15 is 0 Å². The van der Waals surface area contributed by atoms with Crippen molar-refractivity contribution in [3.05, 3.63) is 24.3 Å². The topological polar surface area (TPSA) is 0 Å². The smallest absolute Gasteiger partial charge is 0 e. The second-order valence-corrected chi connectivity index (χ2v) is 2.10. The van der Waals surface area contributed by atoms with Crippen LogP contribution in [0.4, 0.5) is 0 Å². The minimum atomic E-state index is 0. The van der Waals surface area contributed by atoms with Crippen molar-refractivity contribution in [3.8, 4) is 0 Å². The summed E-state index contributed by atoms with van der Waals surface area (Å²) in [5, 5.41) is 0. The van der Waals surface area contributed by atoms with Gasteiger partial charge >= 0.3 is 0 Å². The molecule has 0 nitrogen and oxygen atoms in total. The van der Waals surface area contributed by atoms with Crippen LogP contribution < -0.4 is 0 Å². The van der Waals surface area contributed by atoms with E-state index in [1.165, 1.54) is 25.7 Å². The van der Waals surface area contributed by atoms with E-state index in [-0.39, 0.29) is 16.8 Å². The third kappa shape index (κ3) is 4.49. The van der Waals surface area contributed by atoms with Crippen LogP contribution in [0.2, 0.25) is 0 Å². The Morgan fingerprint density at radius 3 is 1.00 bits per heavy atom. The largest absolute Gasteiger partial charge is 0.0882 e. The molecule has 53 valence electrons. The first-order chi connectivity index (χ1) is 4.00. The fraction of sp³-hybridized carbons (Fsp3) is 0.500. The molecular formula is C8H12Co. The molecule has 0 N–H and O–H groups in total. The molecule has 0 saturated carbocycles. The third-order valence-corrected chi connectivity index (χ3v) is 1.33. The fourth-order valence-electron chi connectivity index (χ4n) is 0.856. The van der Waals surface area contributed by atoms with Crippen LogP contribution in [0.3, 0.4) is 0 Å². The summed E-state index contributed by atoms with van der Waals surface area (Å²) in [7, 11) is 0. The third-order valence-electron chi connectivity index (χ3n) is 1.33. The zero-order chi connectivity index (χ0) is 5.66. The average Bonchev–Trinajstić information content (AvgIpc) is 1.62. The Balaban J connectivity index is 0.000000640. The Kier molecular flexibility index (Phi) is 6.10. The van der Waals surface area contributed by atoms with Gasteiger partial charge in [0.2, 0.25) is 0 Å². The van der Waals surface area contributed by atoms with Crippen LogP contribution in [0.1, 0.15) is 25.7 Å². The molecule has 1 aliphatic rings. The molecule has 9 heavy (non-hydrogen) atoms. The summed E-state index contributed by atoms with van der Waals surface area (Å²) in [6.07, 6.45) is 14.0. The first kappa shape index (κ1) is 8.99. The van der Waals surface area contributed by atoms with E-state index < -0.39 is 0 Å². The van der Waals surface area contributed by atoms with E-state index in [0.29, 0.717) is 0 Å². The molecule has 1 rings (SSSR count). The summed E-state index contributed by atoms with van der Waals surface area (Å²) in [6, 6.07) is 0. The van der Waals surface area contributed by atoms with Gasteiger partial charge < -0.3 is 0 Å².